The van der Waals surface area contributed by atoms with Crippen LogP contribution in [0.25, 0.3) is 11.0 Å². The first kappa shape index (κ1) is 7.95. The van der Waals surface area contributed by atoms with E-state index in [0.29, 0.717) is 11.4 Å². The molecular weight excluding hydrogens is 186 g/mol. The van der Waals surface area contributed by atoms with Gasteiger partial charge in [0.15, 0.2) is 5.75 Å². The number of rotatable bonds is 1. The zero-order valence-corrected chi connectivity index (χ0v) is 7.68. The van der Waals surface area contributed by atoms with Gasteiger partial charge in [-0.05, 0) is 0 Å². The van der Waals surface area contributed by atoms with Gasteiger partial charge in [0.1, 0.15) is 6.07 Å². The van der Waals surface area contributed by atoms with E-state index in [0.717, 1.165) is 11.0 Å². The Hall–Kier alpha value is -1.67. The van der Waals surface area contributed by atoms with Crippen molar-refractivity contribution in [3.8, 4) is 11.8 Å². The third kappa shape index (κ3) is 1.21. The summed E-state index contributed by atoms with van der Waals surface area (Å²) in [4.78, 5) is 2.89. The zero-order chi connectivity index (χ0) is 9.26. The second kappa shape index (κ2) is 2.99. The highest BCUT2D eigenvalue weighted by molar-refractivity contribution is 7.04. The van der Waals surface area contributed by atoms with Crippen LogP contribution in [0, 0.1) is 11.3 Å². The molecule has 0 aromatic carbocycles. The van der Waals surface area contributed by atoms with Crippen LogP contribution >= 0.6 is 11.5 Å². The average molecular weight is 192 g/mol. The number of fused-ring (bicyclic) bond motifs is 1. The molecule has 1 N–H and O–H groups in total. The minimum absolute atomic E-state index is 0.404. The van der Waals surface area contributed by atoms with Crippen molar-refractivity contribution in [2.45, 2.75) is 0 Å². The highest BCUT2D eigenvalue weighted by Gasteiger charge is 2.13. The van der Waals surface area contributed by atoms with E-state index in [1.165, 1.54) is 18.6 Å². The lowest BCUT2D eigenvalue weighted by Gasteiger charge is -1.96. The number of pyridine rings is 1. The summed E-state index contributed by atoms with van der Waals surface area (Å²) in [6, 6.07) is 3.81. The van der Waals surface area contributed by atoms with Gasteiger partial charge in [-0.2, -0.15) is 5.26 Å². The van der Waals surface area contributed by atoms with Crippen molar-refractivity contribution >= 4 is 22.6 Å². The summed E-state index contributed by atoms with van der Waals surface area (Å²) in [6.45, 7) is 0. The molecule has 4 nitrogen and oxygen atoms in total. The van der Waals surface area contributed by atoms with Gasteiger partial charge in [0, 0.05) is 10.4 Å². The number of ether oxygens (including phenoxy) is 1. The van der Waals surface area contributed by atoms with Crippen molar-refractivity contribution in [1.29, 1.82) is 5.26 Å². The molecule has 2 aromatic heterocycles. The first-order valence-corrected chi connectivity index (χ1v) is 4.43. The van der Waals surface area contributed by atoms with Gasteiger partial charge in [0.2, 0.25) is 5.69 Å². The lowest BCUT2D eigenvalue weighted by molar-refractivity contribution is -0.352. The summed E-state index contributed by atoms with van der Waals surface area (Å²) in [5.41, 5.74) is 1.13. The molecule has 0 aliphatic rings. The molecule has 0 aliphatic carbocycles. The van der Waals surface area contributed by atoms with Crippen LogP contribution in [-0.2, 0) is 0 Å². The maximum absolute atomic E-state index is 8.76. The van der Waals surface area contributed by atoms with Crippen LogP contribution in [0.3, 0.4) is 0 Å². The van der Waals surface area contributed by atoms with Crippen molar-refractivity contribution in [2.24, 2.45) is 0 Å². The monoisotopic (exact) mass is 192 g/mol. The smallest absolute Gasteiger partial charge is 0.344 e. The number of H-pyrrole nitrogens is 1. The fourth-order valence-corrected chi connectivity index (χ4v) is 1.68. The second-order valence-electron chi connectivity index (χ2n) is 2.44. The summed E-state index contributed by atoms with van der Waals surface area (Å²) < 4.78 is 9.12. The Morgan fingerprint density at radius 3 is 3.23 bits per heavy atom. The normalized spacial score (nSPS) is 9.85. The van der Waals surface area contributed by atoms with Gasteiger partial charge >= 0.3 is 5.65 Å². The Morgan fingerprint density at radius 1 is 1.69 bits per heavy atom. The number of nitrogens with one attached hydrogen (secondary N) is 1. The minimum atomic E-state index is 0.404. The van der Waals surface area contributed by atoms with E-state index >= 15 is 0 Å². The fourth-order valence-electron chi connectivity index (χ4n) is 1.08. The minimum Gasteiger partial charge on any atom is -0.492 e. The molecule has 0 bridgehead atoms. The number of hydrogen-bond acceptors (Lipinski definition) is 4. The zero-order valence-electron chi connectivity index (χ0n) is 6.87. The third-order valence-electron chi connectivity index (χ3n) is 1.71. The van der Waals surface area contributed by atoms with Crippen molar-refractivity contribution in [1.82, 2.24) is 4.37 Å². The van der Waals surface area contributed by atoms with Gasteiger partial charge in [-0.15, -0.1) is 0 Å². The number of methoxy groups -OCH3 is 1. The number of aromatic nitrogens is 2. The fraction of sp³-hybridized carbons (Fsp3) is 0.125. The van der Waals surface area contributed by atoms with Crippen LogP contribution in [0.2, 0.25) is 0 Å². The molecule has 0 aliphatic heterocycles. The van der Waals surface area contributed by atoms with Gasteiger partial charge in [-0.25, -0.2) is 4.98 Å². The van der Waals surface area contributed by atoms with E-state index in [-0.39, 0.29) is 0 Å². The lowest BCUT2D eigenvalue weighted by atomic mass is 10.3. The highest BCUT2D eigenvalue weighted by atomic mass is 32.1. The highest BCUT2D eigenvalue weighted by Crippen LogP contribution is 2.19. The summed E-state index contributed by atoms with van der Waals surface area (Å²) in [5.74, 6) is 0.551. The SMILES string of the molecule is COc1cc2csnc2[nH+]c1C#N. The number of nitriles is 1. The standard InChI is InChI=1S/C8H5N3OS/c1-12-7-2-5-4-13-11-8(5)10-6(7)3-9/h2,4H,1H3/p+1. The summed E-state index contributed by atoms with van der Waals surface area (Å²) in [6.07, 6.45) is 0. The van der Waals surface area contributed by atoms with E-state index in [4.69, 9.17) is 10.00 Å². The Bertz CT molecular complexity index is 486. The maximum Gasteiger partial charge on any atom is 0.344 e. The van der Waals surface area contributed by atoms with E-state index in [2.05, 4.69) is 9.36 Å². The van der Waals surface area contributed by atoms with Crippen LogP contribution in [0.4, 0.5) is 0 Å². The predicted molar refractivity (Wildman–Crippen MR) is 47.4 cm³/mol. The summed E-state index contributed by atoms with van der Waals surface area (Å²) in [7, 11) is 1.54. The lowest BCUT2D eigenvalue weighted by Crippen LogP contribution is -2.10. The average Bonchev–Trinajstić information content (AvgIpc) is 2.62. The summed E-state index contributed by atoms with van der Waals surface area (Å²) in [5, 5.41) is 11.6. The quantitative estimate of drug-likeness (QED) is 0.677. The maximum atomic E-state index is 8.76. The van der Waals surface area contributed by atoms with Gasteiger partial charge in [0.05, 0.1) is 29.4 Å². The Labute approximate surface area is 78.6 Å². The second-order valence-corrected chi connectivity index (χ2v) is 3.07. The third-order valence-corrected chi connectivity index (χ3v) is 2.35. The Kier molecular flexibility index (Phi) is 1.83. The molecule has 2 rings (SSSR count). The van der Waals surface area contributed by atoms with E-state index in [9.17, 15) is 0 Å². The van der Waals surface area contributed by atoms with Crippen LogP contribution in [0.5, 0.6) is 5.75 Å². The Balaban J connectivity index is 2.76. The van der Waals surface area contributed by atoms with Crippen molar-refractivity contribution in [3.05, 3.63) is 17.1 Å². The molecule has 0 amide bonds. The molecule has 0 spiro atoms. The van der Waals surface area contributed by atoms with Gasteiger partial charge in [0.25, 0.3) is 0 Å². The molecular formula is C8H6N3OS+. The molecule has 2 heterocycles. The van der Waals surface area contributed by atoms with Crippen molar-refractivity contribution in [3.63, 3.8) is 0 Å². The van der Waals surface area contributed by atoms with Crippen molar-refractivity contribution < 1.29 is 9.72 Å². The molecule has 64 valence electrons. The molecule has 0 atom stereocenters. The van der Waals surface area contributed by atoms with Crippen LogP contribution in [0.1, 0.15) is 5.69 Å². The molecule has 5 heteroatoms. The first-order valence-electron chi connectivity index (χ1n) is 3.59. The van der Waals surface area contributed by atoms with Crippen LogP contribution in [-0.4, -0.2) is 11.5 Å². The van der Waals surface area contributed by atoms with Gasteiger partial charge in [-0.3, -0.25) is 0 Å². The largest absolute Gasteiger partial charge is 0.492 e. The molecule has 0 radical (unpaired) electrons. The van der Waals surface area contributed by atoms with Crippen LogP contribution < -0.4 is 9.72 Å². The predicted octanol–water partition coefficient (Wildman–Crippen LogP) is 0.991. The number of hydrogen-bond donors (Lipinski definition) is 0. The number of nitrogens with zero attached hydrogens (tertiary/aromatic N) is 2. The van der Waals surface area contributed by atoms with Crippen LogP contribution in [0.15, 0.2) is 11.4 Å². The van der Waals surface area contributed by atoms with Gasteiger partial charge < -0.3 is 4.74 Å². The number of aromatic amines is 1. The van der Waals surface area contributed by atoms with Crippen molar-refractivity contribution in [2.75, 3.05) is 7.11 Å². The molecule has 0 saturated heterocycles. The summed E-state index contributed by atoms with van der Waals surface area (Å²) >= 11 is 1.35. The Morgan fingerprint density at radius 2 is 2.54 bits per heavy atom. The van der Waals surface area contributed by atoms with Gasteiger partial charge in [-0.1, -0.05) is 0 Å². The molecule has 0 unspecified atom stereocenters. The molecule has 13 heavy (non-hydrogen) atoms. The molecule has 0 saturated carbocycles. The van der Waals surface area contributed by atoms with E-state index in [1.807, 2.05) is 11.4 Å². The van der Waals surface area contributed by atoms with E-state index in [1.54, 1.807) is 6.07 Å². The first-order chi connectivity index (χ1) is 6.35. The molecule has 0 fully saturated rings. The molecule has 2 aromatic rings. The van der Waals surface area contributed by atoms with E-state index < -0.39 is 0 Å². The topological polar surface area (TPSA) is 60.1 Å².